The van der Waals surface area contributed by atoms with Crippen LogP contribution in [-0.4, -0.2) is 23.1 Å². The first-order valence-corrected chi connectivity index (χ1v) is 9.45. The average molecular weight is 338 g/mol. The zero-order valence-electron chi connectivity index (χ0n) is 15.7. The van der Waals surface area contributed by atoms with Gasteiger partial charge < -0.3 is 9.84 Å². The van der Waals surface area contributed by atoms with Crippen LogP contribution in [0.5, 0.6) is 0 Å². The van der Waals surface area contributed by atoms with Gasteiger partial charge in [0.1, 0.15) is 6.10 Å². The molecule has 1 N–H and O–H groups in total. The van der Waals surface area contributed by atoms with Crippen LogP contribution in [0.3, 0.4) is 0 Å². The minimum atomic E-state index is -0.904. The average Bonchev–Trinajstić information content (AvgIpc) is 2.56. The molecule has 0 saturated heterocycles. The van der Waals surface area contributed by atoms with Crippen molar-refractivity contribution in [1.29, 1.82) is 0 Å². The van der Waals surface area contributed by atoms with E-state index in [1.165, 1.54) is 6.42 Å². The van der Waals surface area contributed by atoms with Gasteiger partial charge in [0.25, 0.3) is 0 Å². The molecule has 1 aliphatic carbocycles. The van der Waals surface area contributed by atoms with Crippen LogP contribution in [0.2, 0.25) is 0 Å². The Labute approximate surface area is 146 Å². The molecule has 138 valence electrons. The maximum Gasteiger partial charge on any atom is 0.310 e. The molecule has 0 aromatic carbocycles. The molecular formula is C20H34O4. The third kappa shape index (κ3) is 6.66. The van der Waals surface area contributed by atoms with Crippen molar-refractivity contribution in [3.63, 3.8) is 0 Å². The zero-order valence-corrected chi connectivity index (χ0v) is 15.7. The summed E-state index contributed by atoms with van der Waals surface area (Å²) in [6.45, 7) is 8.64. The topological polar surface area (TPSA) is 63.6 Å². The summed E-state index contributed by atoms with van der Waals surface area (Å²) < 4.78 is 5.79. The maximum absolute atomic E-state index is 12.6. The normalized spacial score (nSPS) is 23.0. The van der Waals surface area contributed by atoms with Crippen molar-refractivity contribution in [2.24, 2.45) is 23.7 Å². The lowest BCUT2D eigenvalue weighted by Gasteiger charge is -2.29. The highest BCUT2D eigenvalue weighted by Gasteiger charge is 2.36. The van der Waals surface area contributed by atoms with Gasteiger partial charge >= 0.3 is 11.9 Å². The molecule has 1 aliphatic rings. The molecule has 0 heterocycles. The predicted molar refractivity (Wildman–Crippen MR) is 95.6 cm³/mol. The van der Waals surface area contributed by atoms with Crippen molar-refractivity contribution in [2.45, 2.75) is 78.7 Å². The van der Waals surface area contributed by atoms with Crippen molar-refractivity contribution < 1.29 is 19.4 Å². The molecule has 4 atom stereocenters. The van der Waals surface area contributed by atoms with E-state index in [1.807, 2.05) is 12.2 Å². The number of hydrogen-bond donors (Lipinski definition) is 1. The summed E-state index contributed by atoms with van der Waals surface area (Å²) in [4.78, 5) is 23.9. The van der Waals surface area contributed by atoms with Gasteiger partial charge in [0, 0.05) is 0 Å². The van der Waals surface area contributed by atoms with Gasteiger partial charge in [0.05, 0.1) is 11.8 Å². The molecule has 4 heteroatoms. The predicted octanol–water partition coefficient (Wildman–Crippen LogP) is 4.83. The summed E-state index contributed by atoms with van der Waals surface area (Å²) in [6.07, 6.45) is 9.73. The van der Waals surface area contributed by atoms with Crippen LogP contribution in [-0.2, 0) is 14.3 Å². The molecule has 0 aliphatic heterocycles. The zero-order chi connectivity index (χ0) is 18.1. The van der Waals surface area contributed by atoms with Crippen molar-refractivity contribution in [1.82, 2.24) is 0 Å². The van der Waals surface area contributed by atoms with Gasteiger partial charge in [-0.25, -0.2) is 0 Å². The van der Waals surface area contributed by atoms with Gasteiger partial charge in [-0.3, -0.25) is 9.59 Å². The van der Waals surface area contributed by atoms with Crippen molar-refractivity contribution in [2.75, 3.05) is 0 Å². The molecule has 1 rings (SSSR count). The number of unbranched alkanes of at least 4 members (excludes halogenated alkanes) is 1. The summed E-state index contributed by atoms with van der Waals surface area (Å²) >= 11 is 0. The lowest BCUT2D eigenvalue weighted by atomic mass is 9.83. The Kier molecular flexibility index (Phi) is 9.09. The van der Waals surface area contributed by atoms with Crippen LogP contribution in [0.1, 0.15) is 72.6 Å². The van der Waals surface area contributed by atoms with Gasteiger partial charge in [-0.05, 0) is 37.5 Å². The quantitative estimate of drug-likeness (QED) is 0.352. The third-order valence-electron chi connectivity index (χ3n) is 5.12. The minimum Gasteiger partial charge on any atom is -0.481 e. The SMILES string of the molecule is CCC(C)C(CCCCC(C)C)OC(=O)C1CC=CCC1C(=O)O. The van der Waals surface area contributed by atoms with E-state index >= 15 is 0 Å². The number of carboxylic acids is 1. The smallest absolute Gasteiger partial charge is 0.310 e. The van der Waals surface area contributed by atoms with Crippen LogP contribution in [0.15, 0.2) is 12.2 Å². The highest BCUT2D eigenvalue weighted by molar-refractivity contribution is 5.81. The van der Waals surface area contributed by atoms with Crippen molar-refractivity contribution in [3.05, 3.63) is 12.2 Å². The fourth-order valence-corrected chi connectivity index (χ4v) is 3.20. The Morgan fingerprint density at radius 1 is 1.08 bits per heavy atom. The van der Waals surface area contributed by atoms with Gasteiger partial charge in [-0.15, -0.1) is 0 Å². The fourth-order valence-electron chi connectivity index (χ4n) is 3.20. The van der Waals surface area contributed by atoms with Gasteiger partial charge in [-0.2, -0.15) is 0 Å². The molecule has 0 amide bonds. The van der Waals surface area contributed by atoms with E-state index in [0.717, 1.165) is 25.7 Å². The van der Waals surface area contributed by atoms with E-state index < -0.39 is 17.8 Å². The van der Waals surface area contributed by atoms with Crippen LogP contribution >= 0.6 is 0 Å². The number of allylic oxidation sites excluding steroid dienone is 2. The van der Waals surface area contributed by atoms with E-state index in [0.29, 0.717) is 24.7 Å². The second kappa shape index (κ2) is 10.5. The molecule has 0 aromatic rings. The van der Waals surface area contributed by atoms with E-state index in [2.05, 4.69) is 27.7 Å². The van der Waals surface area contributed by atoms with Crippen LogP contribution < -0.4 is 0 Å². The largest absolute Gasteiger partial charge is 0.481 e. The standard InChI is InChI=1S/C20H34O4/c1-5-15(4)18(13-9-6-10-14(2)3)24-20(23)17-12-8-7-11-16(17)19(21)22/h7-8,14-18H,5-6,9-13H2,1-4H3,(H,21,22). The second-order valence-corrected chi connectivity index (χ2v) is 7.53. The Balaban J connectivity index is 2.62. The molecule has 4 unspecified atom stereocenters. The Bertz CT molecular complexity index is 427. The lowest BCUT2D eigenvalue weighted by Crippen LogP contribution is -2.36. The minimum absolute atomic E-state index is 0.102. The number of hydrogen-bond acceptors (Lipinski definition) is 3. The number of ether oxygens (including phenoxy) is 1. The van der Waals surface area contributed by atoms with Gasteiger partial charge in [0.15, 0.2) is 0 Å². The van der Waals surface area contributed by atoms with Gasteiger partial charge in [-0.1, -0.05) is 59.1 Å². The number of carbonyl (C=O) groups excluding carboxylic acids is 1. The fraction of sp³-hybridized carbons (Fsp3) is 0.800. The highest BCUT2D eigenvalue weighted by atomic mass is 16.5. The molecular weight excluding hydrogens is 304 g/mol. The molecule has 0 spiro atoms. The highest BCUT2D eigenvalue weighted by Crippen LogP contribution is 2.29. The first-order chi connectivity index (χ1) is 11.4. The first-order valence-electron chi connectivity index (χ1n) is 9.45. The first kappa shape index (κ1) is 20.7. The molecule has 0 radical (unpaired) electrons. The molecule has 0 aromatic heterocycles. The molecule has 0 saturated carbocycles. The van der Waals surface area contributed by atoms with E-state index in [4.69, 9.17) is 4.74 Å². The van der Waals surface area contributed by atoms with E-state index in [1.54, 1.807) is 0 Å². The molecule has 24 heavy (non-hydrogen) atoms. The van der Waals surface area contributed by atoms with E-state index in [-0.39, 0.29) is 12.1 Å². The Morgan fingerprint density at radius 3 is 2.21 bits per heavy atom. The number of carboxylic acid groups (broad SMARTS) is 1. The van der Waals surface area contributed by atoms with Gasteiger partial charge in [0.2, 0.25) is 0 Å². The molecule has 0 fully saturated rings. The Hall–Kier alpha value is -1.32. The number of rotatable bonds is 10. The second-order valence-electron chi connectivity index (χ2n) is 7.53. The number of esters is 1. The van der Waals surface area contributed by atoms with Crippen LogP contribution in [0.25, 0.3) is 0 Å². The van der Waals surface area contributed by atoms with Crippen LogP contribution in [0.4, 0.5) is 0 Å². The number of carbonyl (C=O) groups is 2. The number of aliphatic carboxylic acids is 1. The summed E-state index contributed by atoms with van der Waals surface area (Å²) in [5, 5.41) is 9.33. The van der Waals surface area contributed by atoms with Crippen molar-refractivity contribution in [3.8, 4) is 0 Å². The lowest BCUT2D eigenvalue weighted by molar-refractivity contribution is -0.164. The van der Waals surface area contributed by atoms with E-state index in [9.17, 15) is 14.7 Å². The molecule has 4 nitrogen and oxygen atoms in total. The Morgan fingerprint density at radius 2 is 1.67 bits per heavy atom. The monoisotopic (exact) mass is 338 g/mol. The molecule has 0 bridgehead atoms. The van der Waals surface area contributed by atoms with Crippen molar-refractivity contribution >= 4 is 11.9 Å². The maximum atomic E-state index is 12.6. The van der Waals surface area contributed by atoms with Crippen LogP contribution in [0, 0.1) is 23.7 Å². The summed E-state index contributed by atoms with van der Waals surface area (Å²) in [5.74, 6) is -1.44. The summed E-state index contributed by atoms with van der Waals surface area (Å²) in [5.41, 5.74) is 0. The summed E-state index contributed by atoms with van der Waals surface area (Å²) in [6, 6.07) is 0. The third-order valence-corrected chi connectivity index (χ3v) is 5.12. The summed E-state index contributed by atoms with van der Waals surface area (Å²) in [7, 11) is 0.